The van der Waals surface area contributed by atoms with Crippen LogP contribution in [0.5, 0.6) is 0 Å². The third-order valence-corrected chi connectivity index (χ3v) is 4.91. The first-order valence-electron chi connectivity index (χ1n) is 7.83. The molecule has 3 rings (SSSR count). The van der Waals surface area contributed by atoms with E-state index in [1.807, 2.05) is 30.3 Å². The number of amides is 1. The molecule has 0 saturated carbocycles. The molecule has 1 aromatic heterocycles. The zero-order valence-corrected chi connectivity index (χ0v) is 15.0. The molecule has 3 aromatic rings. The molecule has 0 aliphatic heterocycles. The Bertz CT molecular complexity index is 997. The quantitative estimate of drug-likeness (QED) is 0.401. The third-order valence-electron chi connectivity index (χ3n) is 3.75. The van der Waals surface area contributed by atoms with E-state index in [9.17, 15) is 19.7 Å². The van der Waals surface area contributed by atoms with Crippen molar-refractivity contribution in [3.63, 3.8) is 0 Å². The Labute approximate surface area is 158 Å². The van der Waals surface area contributed by atoms with Gasteiger partial charge in [-0.05, 0) is 23.8 Å². The number of benzene rings is 2. The minimum absolute atomic E-state index is 0.108. The van der Waals surface area contributed by atoms with Gasteiger partial charge in [0.1, 0.15) is 4.88 Å². The molecule has 0 aliphatic carbocycles. The van der Waals surface area contributed by atoms with Crippen LogP contribution >= 0.6 is 11.3 Å². The van der Waals surface area contributed by atoms with Gasteiger partial charge in [-0.15, -0.1) is 11.3 Å². The van der Waals surface area contributed by atoms with Crippen LogP contribution in [0.4, 0.5) is 11.4 Å². The summed E-state index contributed by atoms with van der Waals surface area (Å²) in [6.07, 6.45) is 0. The summed E-state index contributed by atoms with van der Waals surface area (Å²) in [7, 11) is 1.27. The number of non-ortho nitro benzene ring substituents is 1. The van der Waals surface area contributed by atoms with Crippen molar-refractivity contribution in [1.82, 2.24) is 0 Å². The highest BCUT2D eigenvalue weighted by molar-refractivity contribution is 7.18. The van der Waals surface area contributed by atoms with E-state index in [-0.39, 0.29) is 16.1 Å². The van der Waals surface area contributed by atoms with Crippen LogP contribution in [0, 0.1) is 10.1 Å². The van der Waals surface area contributed by atoms with Crippen molar-refractivity contribution >= 4 is 34.6 Å². The fourth-order valence-corrected chi connectivity index (χ4v) is 3.44. The summed E-state index contributed by atoms with van der Waals surface area (Å²) in [6, 6.07) is 16.3. The summed E-state index contributed by atoms with van der Waals surface area (Å²) < 4.78 is 4.80. The molecule has 27 heavy (non-hydrogen) atoms. The van der Waals surface area contributed by atoms with Gasteiger partial charge in [-0.1, -0.05) is 30.3 Å². The summed E-state index contributed by atoms with van der Waals surface area (Å²) in [5.74, 6) is -1.03. The number of nitro benzene ring substituents is 1. The highest BCUT2D eigenvalue weighted by atomic mass is 32.1. The van der Waals surface area contributed by atoms with Gasteiger partial charge in [-0.3, -0.25) is 14.9 Å². The van der Waals surface area contributed by atoms with Crippen molar-refractivity contribution in [2.75, 3.05) is 12.4 Å². The van der Waals surface area contributed by atoms with Crippen LogP contribution in [0.2, 0.25) is 0 Å². The summed E-state index contributed by atoms with van der Waals surface area (Å²) in [4.78, 5) is 35.8. The van der Waals surface area contributed by atoms with Gasteiger partial charge in [0.2, 0.25) is 0 Å². The van der Waals surface area contributed by atoms with Gasteiger partial charge in [0.15, 0.2) is 0 Å². The molecular formula is C19H14N2O5S. The fourth-order valence-electron chi connectivity index (χ4n) is 2.40. The Hall–Kier alpha value is -3.52. The Morgan fingerprint density at radius 1 is 1.07 bits per heavy atom. The van der Waals surface area contributed by atoms with E-state index in [2.05, 4.69) is 5.32 Å². The van der Waals surface area contributed by atoms with Crippen molar-refractivity contribution < 1.29 is 19.2 Å². The molecule has 8 heteroatoms. The molecule has 0 spiro atoms. The van der Waals surface area contributed by atoms with Crippen LogP contribution in [0.3, 0.4) is 0 Å². The van der Waals surface area contributed by atoms with E-state index in [0.717, 1.165) is 10.4 Å². The molecule has 0 fully saturated rings. The average molecular weight is 382 g/mol. The number of nitrogens with zero attached hydrogens (tertiary/aromatic N) is 1. The normalized spacial score (nSPS) is 10.3. The summed E-state index contributed by atoms with van der Waals surface area (Å²) in [5.41, 5.74) is 1.37. The number of carbonyl (C=O) groups excluding carboxylic acids is 2. The second-order valence-electron chi connectivity index (χ2n) is 5.47. The average Bonchev–Trinajstić information content (AvgIpc) is 3.12. The van der Waals surface area contributed by atoms with E-state index in [4.69, 9.17) is 4.74 Å². The first kappa shape index (κ1) is 18.3. The molecule has 1 N–H and O–H groups in total. The number of hydrogen-bond donors (Lipinski definition) is 1. The molecule has 1 amide bonds. The van der Waals surface area contributed by atoms with Crippen molar-refractivity contribution in [3.05, 3.63) is 81.2 Å². The monoisotopic (exact) mass is 382 g/mol. The maximum atomic E-state index is 12.5. The molecule has 0 saturated heterocycles. The van der Waals surface area contributed by atoms with E-state index < -0.39 is 16.8 Å². The Morgan fingerprint density at radius 2 is 1.74 bits per heavy atom. The van der Waals surface area contributed by atoms with Crippen molar-refractivity contribution in [2.24, 2.45) is 0 Å². The van der Waals surface area contributed by atoms with Gasteiger partial charge in [0.25, 0.3) is 11.6 Å². The van der Waals surface area contributed by atoms with Gasteiger partial charge in [0, 0.05) is 22.6 Å². The predicted octanol–water partition coefficient (Wildman–Crippen LogP) is 4.36. The zero-order valence-electron chi connectivity index (χ0n) is 14.2. The molecule has 0 bridgehead atoms. The van der Waals surface area contributed by atoms with Gasteiger partial charge in [-0.25, -0.2) is 4.79 Å². The fraction of sp³-hybridized carbons (Fsp3) is 0.0526. The van der Waals surface area contributed by atoms with Crippen LogP contribution in [-0.4, -0.2) is 23.9 Å². The molecule has 0 atom stereocenters. The van der Waals surface area contributed by atoms with E-state index in [1.165, 1.54) is 42.7 Å². The number of anilines is 1. The second kappa shape index (κ2) is 7.79. The maximum Gasteiger partial charge on any atom is 0.350 e. The van der Waals surface area contributed by atoms with Gasteiger partial charge < -0.3 is 10.1 Å². The van der Waals surface area contributed by atoms with Gasteiger partial charge >= 0.3 is 5.97 Å². The maximum absolute atomic E-state index is 12.5. The minimum atomic E-state index is -0.554. The number of thiophene rings is 1. The first-order valence-corrected chi connectivity index (χ1v) is 8.64. The van der Waals surface area contributed by atoms with Crippen LogP contribution in [0.15, 0.2) is 60.7 Å². The number of hydrogen-bond acceptors (Lipinski definition) is 6. The molecule has 0 unspecified atom stereocenters. The zero-order chi connectivity index (χ0) is 19.4. The Balaban J connectivity index is 1.90. The van der Waals surface area contributed by atoms with Gasteiger partial charge in [0.05, 0.1) is 17.7 Å². The number of carbonyl (C=O) groups is 2. The number of ether oxygens (including phenoxy) is 1. The highest BCUT2D eigenvalue weighted by Gasteiger charge is 2.20. The van der Waals surface area contributed by atoms with E-state index >= 15 is 0 Å². The molecule has 1 heterocycles. The molecular weight excluding hydrogens is 368 g/mol. The lowest BCUT2D eigenvalue weighted by atomic mass is 10.1. The second-order valence-corrected chi connectivity index (χ2v) is 6.52. The largest absolute Gasteiger partial charge is 0.465 e. The first-order chi connectivity index (χ1) is 13.0. The predicted molar refractivity (Wildman–Crippen MR) is 102 cm³/mol. The van der Waals surface area contributed by atoms with Crippen molar-refractivity contribution in [3.8, 4) is 10.4 Å². The number of nitrogens with one attached hydrogen (secondary N) is 1. The van der Waals surface area contributed by atoms with Crippen molar-refractivity contribution in [1.29, 1.82) is 0 Å². The Kier molecular flexibility index (Phi) is 5.28. The third kappa shape index (κ3) is 4.01. The lowest BCUT2D eigenvalue weighted by Crippen LogP contribution is -2.13. The molecule has 136 valence electrons. The standard InChI is InChI=1S/C19H14N2O5S/c1-26-19(23)17-15(11-16(27-17)12-5-3-2-4-6-12)20-18(22)13-7-9-14(10-8-13)21(24)25/h2-11H,1H3,(H,20,22). The van der Waals surface area contributed by atoms with Crippen molar-refractivity contribution in [2.45, 2.75) is 0 Å². The minimum Gasteiger partial charge on any atom is -0.465 e. The lowest BCUT2D eigenvalue weighted by Gasteiger charge is -2.05. The number of nitro groups is 1. The summed E-state index contributed by atoms with van der Waals surface area (Å²) in [5, 5.41) is 13.4. The van der Waals surface area contributed by atoms with Crippen LogP contribution in [-0.2, 0) is 4.74 Å². The topological polar surface area (TPSA) is 98.5 Å². The Morgan fingerprint density at radius 3 is 2.33 bits per heavy atom. The van der Waals surface area contributed by atoms with E-state index in [0.29, 0.717) is 5.69 Å². The smallest absolute Gasteiger partial charge is 0.350 e. The molecule has 7 nitrogen and oxygen atoms in total. The van der Waals surface area contributed by atoms with Crippen LogP contribution < -0.4 is 5.32 Å². The molecule has 0 radical (unpaired) electrons. The highest BCUT2D eigenvalue weighted by Crippen LogP contribution is 2.35. The van der Waals surface area contributed by atoms with Crippen LogP contribution in [0.25, 0.3) is 10.4 Å². The number of methoxy groups -OCH3 is 1. The number of rotatable bonds is 5. The number of esters is 1. The lowest BCUT2D eigenvalue weighted by molar-refractivity contribution is -0.384. The summed E-state index contributed by atoms with van der Waals surface area (Å²) in [6.45, 7) is 0. The van der Waals surface area contributed by atoms with Crippen LogP contribution in [0.1, 0.15) is 20.0 Å². The van der Waals surface area contributed by atoms with E-state index in [1.54, 1.807) is 6.07 Å². The molecule has 2 aromatic carbocycles. The van der Waals surface area contributed by atoms with Gasteiger partial charge in [-0.2, -0.15) is 0 Å². The summed E-state index contributed by atoms with van der Waals surface area (Å²) >= 11 is 1.21. The molecule has 0 aliphatic rings. The SMILES string of the molecule is COC(=O)c1sc(-c2ccccc2)cc1NC(=O)c1ccc([N+](=O)[O-])cc1.